The van der Waals surface area contributed by atoms with Gasteiger partial charge >= 0.3 is 0 Å². The van der Waals surface area contributed by atoms with E-state index in [1.165, 1.54) is 269 Å². The summed E-state index contributed by atoms with van der Waals surface area (Å²) >= 11 is 9.12. The SMILES string of the molecule is CCCCCCCCCCCCC(CCCCCCCCCC)CN1C(=O)C2=C(c3cc4sc(C(C)(C)N)cc4s3)N(CC(CCCCCCCCCC)CCCCCCCCCCCC)C(=O)C2=C1c1cc2sc(-c3ccc(C(C)(C)C)s3)cc2s1. The van der Waals surface area contributed by atoms with Crippen LogP contribution in [-0.4, -0.2) is 34.7 Å². The largest absolute Gasteiger partial charge is 0.321 e. The fourth-order valence-electron chi connectivity index (χ4n) is 13.6. The number of amides is 2. The van der Waals surface area contributed by atoms with Crippen molar-refractivity contribution in [2.45, 2.75) is 330 Å². The molecule has 0 aliphatic carbocycles. The van der Waals surface area contributed by atoms with Crippen molar-refractivity contribution in [2.75, 3.05) is 13.1 Å². The summed E-state index contributed by atoms with van der Waals surface area (Å²) in [5.74, 6) is 0.849. The van der Waals surface area contributed by atoms with Gasteiger partial charge in [-0.3, -0.25) is 9.59 Å². The van der Waals surface area contributed by atoms with Gasteiger partial charge in [0.2, 0.25) is 0 Å². The first-order valence-corrected chi connectivity index (χ1v) is 40.3. The highest BCUT2D eigenvalue weighted by atomic mass is 32.1. The number of unbranched alkanes of at least 4 members (excludes halogenated alkanes) is 32. The maximum Gasteiger partial charge on any atom is 0.261 e. The summed E-state index contributed by atoms with van der Waals surface area (Å²) in [6.07, 6.45) is 51.8. The van der Waals surface area contributed by atoms with Crippen molar-refractivity contribution in [3.63, 3.8) is 0 Å². The van der Waals surface area contributed by atoms with Gasteiger partial charge in [0.1, 0.15) is 0 Å². The van der Waals surface area contributed by atoms with Gasteiger partial charge in [0.15, 0.2) is 0 Å². The third kappa shape index (κ3) is 22.0. The number of thiophene rings is 5. The highest BCUT2D eigenvalue weighted by Gasteiger charge is 2.50. The predicted molar refractivity (Wildman–Crippen MR) is 390 cm³/mol. The topological polar surface area (TPSA) is 66.6 Å². The van der Waals surface area contributed by atoms with E-state index in [0.717, 1.165) is 46.8 Å². The van der Waals surface area contributed by atoms with Gasteiger partial charge in [-0.2, -0.15) is 0 Å². The van der Waals surface area contributed by atoms with Gasteiger partial charge in [0, 0.05) is 56.9 Å². The maximum atomic E-state index is 16.3. The van der Waals surface area contributed by atoms with Crippen molar-refractivity contribution in [1.82, 2.24) is 9.80 Å². The minimum atomic E-state index is -0.446. The molecular weight excluding hydrogens is 1160 g/mol. The molecule has 5 aromatic heterocycles. The lowest BCUT2D eigenvalue weighted by Gasteiger charge is -2.29. The number of carbonyl (C=O) groups is 2. The highest BCUT2D eigenvalue weighted by Crippen LogP contribution is 2.53. The quantitative estimate of drug-likeness (QED) is 0.0395. The Balaban J connectivity index is 1.25. The molecule has 0 aromatic carbocycles. The number of fused-ring (bicyclic) bond motifs is 3. The van der Waals surface area contributed by atoms with Gasteiger partial charge in [-0.05, 0) is 93.2 Å². The third-order valence-electron chi connectivity index (χ3n) is 19.0. The molecule has 7 rings (SSSR count). The lowest BCUT2D eigenvalue weighted by molar-refractivity contribution is -0.124. The Bertz CT molecular complexity index is 2790. The number of nitrogens with zero attached hydrogens (tertiary/aromatic N) is 2. The van der Waals surface area contributed by atoms with Crippen molar-refractivity contribution < 1.29 is 9.59 Å². The zero-order valence-electron chi connectivity index (χ0n) is 56.6. The normalized spacial score (nSPS) is 14.9. The molecule has 10 heteroatoms. The van der Waals surface area contributed by atoms with E-state index in [1.54, 1.807) is 34.0 Å². The number of hydrogen-bond acceptors (Lipinski definition) is 8. The lowest BCUT2D eigenvalue weighted by Crippen LogP contribution is -2.34. The van der Waals surface area contributed by atoms with Crippen LogP contribution in [0, 0.1) is 11.8 Å². The van der Waals surface area contributed by atoms with Crippen molar-refractivity contribution >= 4 is 98.7 Å². The number of nitrogens with two attached hydrogens (primary N) is 1. The summed E-state index contributed by atoms with van der Waals surface area (Å²) in [5, 5.41) is 0. The average Bonchev–Trinajstić information content (AvgIpc) is 1.56. The molecule has 0 radical (unpaired) electrons. The second-order valence-electron chi connectivity index (χ2n) is 28.5. The molecule has 7 heterocycles. The van der Waals surface area contributed by atoms with Crippen LogP contribution in [0.15, 0.2) is 47.5 Å². The van der Waals surface area contributed by atoms with Crippen molar-refractivity contribution in [2.24, 2.45) is 17.6 Å². The minimum Gasteiger partial charge on any atom is -0.321 e. The summed E-state index contributed by atoms with van der Waals surface area (Å²) in [5.41, 5.74) is 9.52. The Morgan fingerprint density at radius 3 is 0.966 bits per heavy atom. The molecule has 5 aromatic rings. The van der Waals surface area contributed by atoms with Crippen molar-refractivity contribution in [1.29, 1.82) is 0 Å². The van der Waals surface area contributed by atoms with Crippen LogP contribution in [0.4, 0.5) is 0 Å². The Morgan fingerprint density at radius 2 is 0.655 bits per heavy atom. The van der Waals surface area contributed by atoms with E-state index in [0.29, 0.717) is 36.1 Å². The number of carbonyl (C=O) groups excluding carboxylic acids is 2. The Kier molecular flexibility index (Phi) is 31.2. The van der Waals surface area contributed by atoms with E-state index < -0.39 is 5.54 Å². The van der Waals surface area contributed by atoms with Gasteiger partial charge in [-0.1, -0.05) is 280 Å². The average molecular weight is 1280 g/mol. The molecule has 5 nitrogen and oxygen atoms in total. The highest BCUT2D eigenvalue weighted by molar-refractivity contribution is 7.31. The fourth-order valence-corrected chi connectivity index (χ4v) is 19.7. The zero-order chi connectivity index (χ0) is 62.0. The van der Waals surface area contributed by atoms with E-state index in [4.69, 9.17) is 5.73 Å². The summed E-state index contributed by atoms with van der Waals surface area (Å²) < 4.78 is 4.88. The van der Waals surface area contributed by atoms with Crippen LogP contribution in [0.2, 0.25) is 0 Å². The molecule has 2 N–H and O–H groups in total. The zero-order valence-corrected chi connectivity index (χ0v) is 60.7. The molecule has 486 valence electrons. The summed E-state index contributed by atoms with van der Waals surface area (Å²) in [7, 11) is 0. The molecule has 0 saturated heterocycles. The Labute approximate surface area is 551 Å². The lowest BCUT2D eigenvalue weighted by atomic mass is 9.93. The van der Waals surface area contributed by atoms with Crippen molar-refractivity contribution in [3.05, 3.63) is 67.1 Å². The van der Waals surface area contributed by atoms with E-state index in [-0.39, 0.29) is 17.2 Å². The smallest absolute Gasteiger partial charge is 0.261 e. The Hall–Kier alpha value is -2.60. The van der Waals surface area contributed by atoms with Crippen LogP contribution >= 0.6 is 56.7 Å². The third-order valence-corrected chi connectivity index (χ3v) is 25.7. The standard InChI is InChI=1S/C77H121N3O2S5/c1-10-14-18-22-26-30-32-36-40-44-48-58(46-42-38-34-28-24-20-16-12-3)56-79-72(66-53-63-62(84-66)52-61(83-63)60-50-51-68(86-60)76(5,6)7)70-71(75(79)82)73(67-54-64-65(85-67)55-69(87-64)77(8,9)78)80(74(70)81)57-59(47-43-39-35-29-25-21-17-13-4)49-45-41-37-33-31-27-23-19-15-11-2/h50-55,58-59H,10-49,56-57,78H2,1-9H3. The summed E-state index contributed by atoms with van der Waals surface area (Å²) in [4.78, 5) is 44.2. The summed E-state index contributed by atoms with van der Waals surface area (Å²) in [6, 6.07) is 13.9. The first-order valence-electron chi connectivity index (χ1n) is 36.3. The second kappa shape index (κ2) is 37.8. The first-order chi connectivity index (χ1) is 42.2. The molecule has 0 spiro atoms. The molecule has 2 atom stereocenters. The van der Waals surface area contributed by atoms with Crippen LogP contribution in [0.1, 0.15) is 339 Å². The van der Waals surface area contributed by atoms with Crippen LogP contribution in [-0.2, 0) is 20.5 Å². The van der Waals surface area contributed by atoms with Gasteiger partial charge in [0.05, 0.1) is 32.3 Å². The molecule has 87 heavy (non-hydrogen) atoms. The van der Waals surface area contributed by atoms with E-state index >= 15 is 9.59 Å². The molecule has 2 unspecified atom stereocenters. The molecular formula is C77H121N3O2S5. The van der Waals surface area contributed by atoms with Crippen LogP contribution in [0.3, 0.4) is 0 Å². The molecule has 0 bridgehead atoms. The Morgan fingerprint density at radius 1 is 0.356 bits per heavy atom. The number of rotatable bonds is 48. The van der Waals surface area contributed by atoms with Crippen LogP contribution in [0.25, 0.3) is 39.9 Å². The summed E-state index contributed by atoms with van der Waals surface area (Å²) in [6.45, 7) is 21.7. The van der Waals surface area contributed by atoms with Crippen LogP contribution in [0.5, 0.6) is 0 Å². The van der Waals surface area contributed by atoms with Gasteiger partial charge < -0.3 is 15.5 Å². The molecule has 2 aliphatic rings. The predicted octanol–water partition coefficient (Wildman–Crippen LogP) is 26.2. The second-order valence-corrected chi connectivity index (χ2v) is 33.9. The van der Waals surface area contributed by atoms with E-state index in [9.17, 15) is 0 Å². The van der Waals surface area contributed by atoms with Crippen molar-refractivity contribution in [3.8, 4) is 9.75 Å². The number of hydrogen-bond donors (Lipinski definition) is 1. The van der Waals surface area contributed by atoms with E-state index in [2.05, 4.69) is 109 Å². The van der Waals surface area contributed by atoms with Gasteiger partial charge in [-0.25, -0.2) is 0 Å². The molecule has 0 fully saturated rings. The van der Waals surface area contributed by atoms with E-state index in [1.807, 2.05) is 22.7 Å². The maximum absolute atomic E-state index is 16.3. The van der Waals surface area contributed by atoms with Gasteiger partial charge in [0.25, 0.3) is 11.8 Å². The van der Waals surface area contributed by atoms with Crippen LogP contribution < -0.4 is 5.73 Å². The van der Waals surface area contributed by atoms with Gasteiger partial charge in [-0.15, -0.1) is 56.7 Å². The monoisotopic (exact) mass is 1280 g/mol. The molecule has 0 saturated carbocycles. The minimum absolute atomic E-state index is 0.0513. The fraction of sp³-hybridized carbons (Fsp3) is 0.714. The molecule has 2 aliphatic heterocycles. The first kappa shape index (κ1) is 71.8. The molecule has 2 amide bonds.